The summed E-state index contributed by atoms with van der Waals surface area (Å²) in [5, 5.41) is 11.8. The van der Waals surface area contributed by atoms with Crippen molar-refractivity contribution in [1.82, 2.24) is 20.1 Å². The molecule has 1 aliphatic heterocycles. The SMILES string of the molecule is c1ccn2nnc(C3CCCNC3)c2c1. The van der Waals surface area contributed by atoms with Crippen LogP contribution in [0, 0.1) is 0 Å². The quantitative estimate of drug-likeness (QED) is 0.755. The van der Waals surface area contributed by atoms with Crippen molar-refractivity contribution in [1.29, 1.82) is 0 Å². The number of aromatic nitrogens is 3. The van der Waals surface area contributed by atoms with Crippen molar-refractivity contribution in [2.24, 2.45) is 0 Å². The molecule has 1 N–H and O–H groups in total. The molecule has 3 heterocycles. The van der Waals surface area contributed by atoms with Crippen LogP contribution in [0.15, 0.2) is 24.4 Å². The summed E-state index contributed by atoms with van der Waals surface area (Å²) in [5.74, 6) is 0.527. The Labute approximate surface area is 88.3 Å². The van der Waals surface area contributed by atoms with Crippen LogP contribution < -0.4 is 5.32 Å². The van der Waals surface area contributed by atoms with Crippen molar-refractivity contribution in [2.75, 3.05) is 13.1 Å². The van der Waals surface area contributed by atoms with Gasteiger partial charge in [-0.1, -0.05) is 11.3 Å². The van der Waals surface area contributed by atoms with E-state index >= 15 is 0 Å². The maximum absolute atomic E-state index is 4.29. The number of hydrogen-bond acceptors (Lipinski definition) is 3. The maximum Gasteiger partial charge on any atom is 0.0948 e. The maximum atomic E-state index is 4.29. The smallest absolute Gasteiger partial charge is 0.0948 e. The number of piperidine rings is 1. The zero-order valence-electron chi connectivity index (χ0n) is 8.56. The Morgan fingerprint density at radius 1 is 1.40 bits per heavy atom. The molecule has 4 heteroatoms. The van der Waals surface area contributed by atoms with Gasteiger partial charge in [-0.3, -0.25) is 0 Å². The molecule has 2 aromatic rings. The molecule has 15 heavy (non-hydrogen) atoms. The third kappa shape index (κ3) is 1.51. The van der Waals surface area contributed by atoms with Gasteiger partial charge in [0.2, 0.25) is 0 Å². The zero-order chi connectivity index (χ0) is 10.1. The first-order valence-corrected chi connectivity index (χ1v) is 5.46. The van der Waals surface area contributed by atoms with Crippen LogP contribution in [0.2, 0.25) is 0 Å². The molecule has 1 fully saturated rings. The second kappa shape index (κ2) is 3.62. The monoisotopic (exact) mass is 202 g/mol. The van der Waals surface area contributed by atoms with Crippen LogP contribution >= 0.6 is 0 Å². The number of nitrogens with zero attached hydrogens (tertiary/aromatic N) is 3. The molecule has 0 saturated carbocycles. The van der Waals surface area contributed by atoms with E-state index in [1.807, 2.05) is 22.8 Å². The lowest BCUT2D eigenvalue weighted by Crippen LogP contribution is -2.28. The molecule has 0 bridgehead atoms. The van der Waals surface area contributed by atoms with Crippen LogP contribution in [-0.4, -0.2) is 27.9 Å². The van der Waals surface area contributed by atoms with Gasteiger partial charge in [-0.15, -0.1) is 5.10 Å². The first kappa shape index (κ1) is 8.85. The van der Waals surface area contributed by atoms with Gasteiger partial charge in [-0.05, 0) is 31.5 Å². The average molecular weight is 202 g/mol. The highest BCUT2D eigenvalue weighted by atomic mass is 15.4. The fraction of sp³-hybridized carbons (Fsp3) is 0.455. The van der Waals surface area contributed by atoms with Crippen molar-refractivity contribution in [2.45, 2.75) is 18.8 Å². The Morgan fingerprint density at radius 3 is 3.27 bits per heavy atom. The van der Waals surface area contributed by atoms with Crippen LogP contribution in [0.3, 0.4) is 0 Å². The highest BCUT2D eigenvalue weighted by Crippen LogP contribution is 2.24. The van der Waals surface area contributed by atoms with E-state index in [4.69, 9.17) is 0 Å². The zero-order valence-corrected chi connectivity index (χ0v) is 8.56. The van der Waals surface area contributed by atoms with Crippen molar-refractivity contribution in [3.8, 4) is 0 Å². The second-order valence-corrected chi connectivity index (χ2v) is 4.05. The summed E-state index contributed by atoms with van der Waals surface area (Å²) in [6.45, 7) is 2.17. The van der Waals surface area contributed by atoms with E-state index in [9.17, 15) is 0 Å². The molecule has 4 nitrogen and oxygen atoms in total. The largest absolute Gasteiger partial charge is 0.316 e. The van der Waals surface area contributed by atoms with E-state index in [0.717, 1.165) is 24.3 Å². The summed E-state index contributed by atoms with van der Waals surface area (Å²) in [5.41, 5.74) is 2.29. The Hall–Kier alpha value is -1.42. The number of nitrogens with one attached hydrogen (secondary N) is 1. The van der Waals surface area contributed by atoms with E-state index in [1.54, 1.807) is 0 Å². The molecule has 3 rings (SSSR count). The van der Waals surface area contributed by atoms with E-state index in [-0.39, 0.29) is 0 Å². The summed E-state index contributed by atoms with van der Waals surface area (Å²) >= 11 is 0. The van der Waals surface area contributed by atoms with Crippen LogP contribution in [0.4, 0.5) is 0 Å². The third-order valence-electron chi connectivity index (χ3n) is 3.03. The molecule has 1 unspecified atom stereocenters. The lowest BCUT2D eigenvalue weighted by Gasteiger charge is -2.20. The minimum Gasteiger partial charge on any atom is -0.316 e. The van der Waals surface area contributed by atoms with Crippen LogP contribution in [0.25, 0.3) is 5.52 Å². The van der Waals surface area contributed by atoms with E-state index in [1.165, 1.54) is 12.8 Å². The molecule has 1 atom stereocenters. The molecular formula is C11H14N4. The van der Waals surface area contributed by atoms with Gasteiger partial charge in [0.1, 0.15) is 0 Å². The topological polar surface area (TPSA) is 42.2 Å². The standard InChI is InChI=1S/C11H14N4/c1-2-7-15-10(5-1)11(13-14-15)9-4-3-6-12-8-9/h1-2,5,7,9,12H,3-4,6,8H2. The normalized spacial score (nSPS) is 22.0. The molecule has 0 radical (unpaired) electrons. The minimum atomic E-state index is 0.527. The molecule has 0 amide bonds. The summed E-state index contributed by atoms with van der Waals surface area (Å²) in [6, 6.07) is 6.10. The van der Waals surface area contributed by atoms with Gasteiger partial charge in [0.25, 0.3) is 0 Å². The summed E-state index contributed by atoms with van der Waals surface area (Å²) in [6.07, 6.45) is 4.40. The van der Waals surface area contributed by atoms with E-state index in [0.29, 0.717) is 5.92 Å². The lowest BCUT2D eigenvalue weighted by molar-refractivity contribution is 0.456. The number of rotatable bonds is 1. The number of hydrogen-bond donors (Lipinski definition) is 1. The second-order valence-electron chi connectivity index (χ2n) is 4.05. The van der Waals surface area contributed by atoms with E-state index in [2.05, 4.69) is 21.7 Å². The highest BCUT2D eigenvalue weighted by Gasteiger charge is 2.20. The number of pyridine rings is 1. The van der Waals surface area contributed by atoms with Gasteiger partial charge in [0.05, 0.1) is 11.2 Å². The molecule has 0 aromatic carbocycles. The molecule has 1 saturated heterocycles. The molecule has 2 aromatic heterocycles. The van der Waals surface area contributed by atoms with Crippen molar-refractivity contribution in [3.63, 3.8) is 0 Å². The minimum absolute atomic E-state index is 0.527. The van der Waals surface area contributed by atoms with Crippen molar-refractivity contribution in [3.05, 3.63) is 30.1 Å². The average Bonchev–Trinajstić information content (AvgIpc) is 2.74. The fourth-order valence-electron chi connectivity index (χ4n) is 2.24. The van der Waals surface area contributed by atoms with Crippen molar-refractivity contribution >= 4 is 5.52 Å². The Bertz CT molecular complexity index is 456. The predicted octanol–water partition coefficient (Wildman–Crippen LogP) is 1.20. The summed E-state index contributed by atoms with van der Waals surface area (Å²) in [4.78, 5) is 0. The van der Waals surface area contributed by atoms with Gasteiger partial charge in [0, 0.05) is 18.7 Å². The Morgan fingerprint density at radius 2 is 2.40 bits per heavy atom. The third-order valence-corrected chi connectivity index (χ3v) is 3.03. The Kier molecular flexibility index (Phi) is 2.14. The van der Waals surface area contributed by atoms with Gasteiger partial charge in [-0.25, -0.2) is 4.52 Å². The molecule has 0 aliphatic carbocycles. The van der Waals surface area contributed by atoms with Crippen LogP contribution in [-0.2, 0) is 0 Å². The molecular weight excluding hydrogens is 188 g/mol. The first-order chi connectivity index (χ1) is 7.45. The van der Waals surface area contributed by atoms with Gasteiger partial charge in [-0.2, -0.15) is 0 Å². The number of fused-ring (bicyclic) bond motifs is 1. The van der Waals surface area contributed by atoms with Crippen LogP contribution in [0.5, 0.6) is 0 Å². The van der Waals surface area contributed by atoms with Crippen molar-refractivity contribution < 1.29 is 0 Å². The summed E-state index contributed by atoms with van der Waals surface area (Å²) < 4.78 is 1.85. The first-order valence-electron chi connectivity index (χ1n) is 5.46. The molecule has 78 valence electrons. The van der Waals surface area contributed by atoms with Crippen LogP contribution in [0.1, 0.15) is 24.5 Å². The Balaban J connectivity index is 2.02. The van der Waals surface area contributed by atoms with Gasteiger partial charge < -0.3 is 5.32 Å². The van der Waals surface area contributed by atoms with E-state index < -0.39 is 0 Å². The molecule has 0 spiro atoms. The van der Waals surface area contributed by atoms with Gasteiger partial charge in [0.15, 0.2) is 0 Å². The summed E-state index contributed by atoms with van der Waals surface area (Å²) in [7, 11) is 0. The predicted molar refractivity (Wildman–Crippen MR) is 57.8 cm³/mol. The van der Waals surface area contributed by atoms with Gasteiger partial charge >= 0.3 is 0 Å². The highest BCUT2D eigenvalue weighted by molar-refractivity contribution is 5.51. The molecule has 1 aliphatic rings. The lowest BCUT2D eigenvalue weighted by atomic mass is 9.95. The fourth-order valence-corrected chi connectivity index (χ4v) is 2.24.